The Morgan fingerprint density at radius 2 is 1.93 bits per heavy atom. The molecule has 0 amide bonds. The number of aromatic nitrogens is 4. The van der Waals surface area contributed by atoms with E-state index in [-0.39, 0.29) is 11.3 Å². The Balaban J connectivity index is 1.45. The molecule has 11 nitrogen and oxygen atoms in total. The minimum absolute atomic E-state index is 0.0705. The number of aryl methyl sites for hydroxylation is 1. The van der Waals surface area contributed by atoms with Crippen molar-refractivity contribution in [3.05, 3.63) is 20.8 Å². The quantitative estimate of drug-likeness (QED) is 0.359. The molecule has 162 valence electrons. The molecule has 0 bridgehead atoms. The van der Waals surface area contributed by atoms with E-state index in [1.807, 2.05) is 0 Å². The smallest absolute Gasteiger partial charge is 0.332 e. The van der Waals surface area contributed by atoms with Crippen LogP contribution >= 0.6 is 11.8 Å². The predicted molar refractivity (Wildman–Crippen MR) is 111 cm³/mol. The summed E-state index contributed by atoms with van der Waals surface area (Å²) in [6.07, 6.45) is 0.607. The van der Waals surface area contributed by atoms with E-state index in [9.17, 15) is 18.0 Å². The second-order valence-corrected chi connectivity index (χ2v) is 9.83. The molecular weight excluding hydrogens is 420 g/mol. The highest BCUT2D eigenvalue weighted by Gasteiger charge is 2.16. The minimum Gasteiger partial charge on any atom is -0.379 e. The van der Waals surface area contributed by atoms with Gasteiger partial charge in [0.2, 0.25) is 10.0 Å². The zero-order chi connectivity index (χ0) is 21.0. The van der Waals surface area contributed by atoms with Crippen molar-refractivity contribution in [1.29, 1.82) is 0 Å². The normalized spacial score (nSPS) is 15.9. The van der Waals surface area contributed by atoms with Crippen LogP contribution in [-0.4, -0.2) is 83.3 Å². The molecule has 0 atom stereocenters. The van der Waals surface area contributed by atoms with Gasteiger partial charge in [-0.15, -0.1) is 0 Å². The topological polar surface area (TPSA) is 131 Å². The Morgan fingerprint density at radius 3 is 2.66 bits per heavy atom. The average molecular weight is 447 g/mol. The molecule has 0 unspecified atom stereocenters. The molecule has 1 aliphatic heterocycles. The third-order valence-electron chi connectivity index (χ3n) is 4.73. The fourth-order valence-electron chi connectivity index (χ4n) is 2.99. The molecule has 1 aliphatic rings. The number of nitrogens with one attached hydrogen (secondary N) is 2. The number of hydrogen-bond acceptors (Lipinski definition) is 8. The minimum atomic E-state index is -3.31. The lowest BCUT2D eigenvalue weighted by Gasteiger charge is -2.26. The molecule has 3 heterocycles. The lowest BCUT2D eigenvalue weighted by molar-refractivity contribution is 0.0408. The maximum atomic E-state index is 12.2. The number of hydrogen-bond donors (Lipinski definition) is 2. The molecular formula is C16H26N6O5S2. The first-order chi connectivity index (χ1) is 13.8. The van der Waals surface area contributed by atoms with Crippen molar-refractivity contribution in [2.24, 2.45) is 14.1 Å². The van der Waals surface area contributed by atoms with Crippen LogP contribution in [0.3, 0.4) is 0 Å². The van der Waals surface area contributed by atoms with Gasteiger partial charge >= 0.3 is 5.69 Å². The van der Waals surface area contributed by atoms with Gasteiger partial charge in [-0.25, -0.2) is 22.9 Å². The molecule has 0 radical (unpaired) electrons. The number of imidazole rings is 1. The number of sulfonamides is 1. The number of H-pyrrole nitrogens is 1. The summed E-state index contributed by atoms with van der Waals surface area (Å²) in [5.74, 6) is 0.682. The molecule has 1 fully saturated rings. The van der Waals surface area contributed by atoms with E-state index in [4.69, 9.17) is 4.74 Å². The zero-order valence-electron chi connectivity index (χ0n) is 16.5. The monoisotopic (exact) mass is 446 g/mol. The molecule has 0 aromatic carbocycles. The fraction of sp³-hybridized carbons (Fsp3) is 0.688. The number of fused-ring (bicyclic) bond motifs is 1. The van der Waals surface area contributed by atoms with Crippen molar-refractivity contribution in [1.82, 2.24) is 28.7 Å². The lowest BCUT2D eigenvalue weighted by Crippen LogP contribution is -2.41. The van der Waals surface area contributed by atoms with Gasteiger partial charge in [0.1, 0.15) is 0 Å². The van der Waals surface area contributed by atoms with E-state index in [2.05, 4.69) is 19.6 Å². The molecule has 0 aliphatic carbocycles. The van der Waals surface area contributed by atoms with E-state index < -0.39 is 21.3 Å². The maximum absolute atomic E-state index is 12.2. The molecule has 3 rings (SSSR count). The van der Waals surface area contributed by atoms with Crippen LogP contribution in [0.2, 0.25) is 0 Å². The van der Waals surface area contributed by atoms with Crippen LogP contribution in [0.4, 0.5) is 0 Å². The van der Waals surface area contributed by atoms with Gasteiger partial charge in [-0.05, 0) is 6.42 Å². The number of rotatable bonds is 9. The Kier molecular flexibility index (Phi) is 7.16. The SMILES string of the molecule is Cn1c(=O)c2[nH]c(SCCCNS(=O)(=O)CCN3CCOCC3)nc2n(C)c1=O. The zero-order valence-corrected chi connectivity index (χ0v) is 18.1. The molecule has 29 heavy (non-hydrogen) atoms. The third-order valence-corrected chi connectivity index (χ3v) is 7.06. The first-order valence-electron chi connectivity index (χ1n) is 9.34. The molecule has 2 N–H and O–H groups in total. The van der Waals surface area contributed by atoms with Gasteiger partial charge in [0, 0.05) is 46.0 Å². The number of nitrogens with zero attached hydrogens (tertiary/aromatic N) is 4. The maximum Gasteiger partial charge on any atom is 0.332 e. The lowest BCUT2D eigenvalue weighted by atomic mass is 10.4. The van der Waals surface area contributed by atoms with E-state index in [1.165, 1.54) is 23.4 Å². The first-order valence-corrected chi connectivity index (χ1v) is 12.0. The molecule has 0 saturated carbocycles. The summed E-state index contributed by atoms with van der Waals surface area (Å²) in [7, 11) is -0.334. The molecule has 0 spiro atoms. The van der Waals surface area contributed by atoms with E-state index in [0.717, 1.165) is 17.7 Å². The van der Waals surface area contributed by atoms with Crippen molar-refractivity contribution < 1.29 is 13.2 Å². The van der Waals surface area contributed by atoms with Crippen molar-refractivity contribution >= 4 is 32.9 Å². The number of morpholine rings is 1. The fourth-order valence-corrected chi connectivity index (χ4v) is 4.89. The summed E-state index contributed by atoms with van der Waals surface area (Å²) < 4.78 is 34.4. The largest absolute Gasteiger partial charge is 0.379 e. The van der Waals surface area contributed by atoms with Gasteiger partial charge in [-0.2, -0.15) is 0 Å². The van der Waals surface area contributed by atoms with Gasteiger partial charge in [-0.1, -0.05) is 11.8 Å². The molecule has 2 aromatic heterocycles. The van der Waals surface area contributed by atoms with E-state index >= 15 is 0 Å². The van der Waals surface area contributed by atoms with Crippen LogP contribution < -0.4 is 16.0 Å². The highest BCUT2D eigenvalue weighted by Crippen LogP contribution is 2.17. The number of aromatic amines is 1. The van der Waals surface area contributed by atoms with Crippen LogP contribution in [0.5, 0.6) is 0 Å². The number of ether oxygens (including phenoxy) is 1. The van der Waals surface area contributed by atoms with Crippen LogP contribution in [0.1, 0.15) is 6.42 Å². The van der Waals surface area contributed by atoms with Crippen molar-refractivity contribution in [2.45, 2.75) is 11.6 Å². The van der Waals surface area contributed by atoms with Gasteiger partial charge < -0.3 is 9.72 Å². The van der Waals surface area contributed by atoms with Crippen LogP contribution in [0, 0.1) is 0 Å². The average Bonchev–Trinajstić information content (AvgIpc) is 3.14. The number of thioether (sulfide) groups is 1. The van der Waals surface area contributed by atoms with Crippen molar-refractivity contribution in [3.8, 4) is 0 Å². The summed E-state index contributed by atoms with van der Waals surface area (Å²) in [6, 6.07) is 0. The van der Waals surface area contributed by atoms with Crippen LogP contribution in [0.15, 0.2) is 14.7 Å². The first kappa shape index (κ1) is 22.0. The van der Waals surface area contributed by atoms with Crippen LogP contribution in [0.25, 0.3) is 11.2 Å². The molecule has 1 saturated heterocycles. The van der Waals surface area contributed by atoms with Gasteiger partial charge in [0.05, 0.1) is 19.0 Å². The van der Waals surface area contributed by atoms with Gasteiger partial charge in [0.15, 0.2) is 16.3 Å². The Morgan fingerprint density at radius 1 is 1.21 bits per heavy atom. The highest BCUT2D eigenvalue weighted by molar-refractivity contribution is 7.99. The van der Waals surface area contributed by atoms with E-state index in [1.54, 1.807) is 7.05 Å². The molecule has 13 heteroatoms. The summed E-state index contributed by atoms with van der Waals surface area (Å²) in [5, 5.41) is 0.522. The molecule has 2 aromatic rings. The summed E-state index contributed by atoms with van der Waals surface area (Å²) >= 11 is 1.37. The van der Waals surface area contributed by atoms with Crippen molar-refractivity contribution in [2.75, 3.05) is 50.9 Å². The van der Waals surface area contributed by atoms with Gasteiger partial charge in [0.25, 0.3) is 5.56 Å². The van der Waals surface area contributed by atoms with Crippen molar-refractivity contribution in [3.63, 3.8) is 0 Å². The summed E-state index contributed by atoms with van der Waals surface area (Å²) in [4.78, 5) is 33.4. The summed E-state index contributed by atoms with van der Waals surface area (Å²) in [5.41, 5.74) is -0.266. The van der Waals surface area contributed by atoms with Crippen LogP contribution in [-0.2, 0) is 28.9 Å². The predicted octanol–water partition coefficient (Wildman–Crippen LogP) is -1.31. The second-order valence-electron chi connectivity index (χ2n) is 6.82. The Labute approximate surface area is 172 Å². The van der Waals surface area contributed by atoms with E-state index in [0.29, 0.717) is 49.3 Å². The third kappa shape index (κ3) is 5.48. The highest BCUT2D eigenvalue weighted by atomic mass is 32.2. The summed E-state index contributed by atoms with van der Waals surface area (Å²) in [6.45, 7) is 3.65. The Bertz CT molecular complexity index is 1070. The second kappa shape index (κ2) is 9.43. The van der Waals surface area contributed by atoms with Gasteiger partial charge in [-0.3, -0.25) is 18.8 Å². The Hall–Kier alpha value is -1.67. The standard InChI is InChI=1S/C16H26N6O5S2/c1-20-13-12(14(23)21(2)16(20)24)18-15(19-13)28-10-3-4-17-29(25,26)11-7-22-5-8-27-9-6-22/h17H,3-11H2,1-2H3,(H,18,19).